The van der Waals surface area contributed by atoms with Gasteiger partial charge < -0.3 is 23.7 Å². The van der Waals surface area contributed by atoms with Gasteiger partial charge in [0.1, 0.15) is 17.1 Å². The van der Waals surface area contributed by atoms with Gasteiger partial charge in [0.25, 0.3) is 0 Å². The number of methoxy groups -OCH3 is 2. The Labute approximate surface area is 218 Å². The van der Waals surface area contributed by atoms with Crippen molar-refractivity contribution in [3.8, 4) is 11.5 Å². The molecule has 0 bridgehead atoms. The van der Waals surface area contributed by atoms with Crippen molar-refractivity contribution in [1.82, 2.24) is 14.3 Å². The number of carbonyl (C=O) groups excluding carboxylic acids is 1. The summed E-state index contributed by atoms with van der Waals surface area (Å²) in [7, 11) is 3.29. The largest absolute Gasteiger partial charge is 0.497 e. The third kappa shape index (κ3) is 5.12. The molecule has 0 saturated carbocycles. The summed E-state index contributed by atoms with van der Waals surface area (Å²) in [5.41, 5.74) is 6.46. The molecule has 1 fully saturated rings. The summed E-state index contributed by atoms with van der Waals surface area (Å²) in [5, 5.41) is 0. The number of pyridine rings is 1. The number of amides is 1. The first-order valence-electron chi connectivity index (χ1n) is 12.7. The van der Waals surface area contributed by atoms with Crippen molar-refractivity contribution in [3.05, 3.63) is 89.4 Å². The molecule has 37 heavy (non-hydrogen) atoms. The highest BCUT2D eigenvalue weighted by molar-refractivity contribution is 5.78. The molecule has 7 heteroatoms. The van der Waals surface area contributed by atoms with Gasteiger partial charge in [-0.3, -0.25) is 4.79 Å². The first kappa shape index (κ1) is 24.7. The number of ether oxygens (including phenoxy) is 2. The molecule has 0 N–H and O–H groups in total. The zero-order chi connectivity index (χ0) is 25.9. The molecule has 3 heterocycles. The number of imidazole rings is 1. The van der Waals surface area contributed by atoms with Crippen LogP contribution in [0.2, 0.25) is 0 Å². The van der Waals surface area contributed by atoms with Crippen molar-refractivity contribution in [3.63, 3.8) is 0 Å². The fraction of sp³-hybridized carbons (Fsp3) is 0.333. The van der Waals surface area contributed by atoms with E-state index in [1.54, 1.807) is 14.2 Å². The molecule has 1 saturated heterocycles. The second-order valence-corrected chi connectivity index (χ2v) is 9.67. The van der Waals surface area contributed by atoms with Gasteiger partial charge in [0, 0.05) is 62.7 Å². The van der Waals surface area contributed by atoms with Crippen LogP contribution >= 0.6 is 0 Å². The standard InChI is InChI=1S/C30H34N4O3/c1-21-9-10-34-28(20-31-29(34)15-21)26(23-16-24(36-3)18-25(17-23)37-4)19-30(35)33-13-11-32(12-14-33)27-8-6-5-7-22(27)2/h5-10,15-18,20,26H,11-14,19H2,1-4H3. The highest BCUT2D eigenvalue weighted by Crippen LogP contribution is 2.35. The van der Waals surface area contributed by atoms with Crippen molar-refractivity contribution in [2.24, 2.45) is 0 Å². The molecule has 2 aromatic heterocycles. The first-order valence-corrected chi connectivity index (χ1v) is 12.7. The molecule has 1 aliphatic heterocycles. The molecule has 5 rings (SSSR count). The molecule has 0 spiro atoms. The van der Waals surface area contributed by atoms with Gasteiger partial charge in [0.15, 0.2) is 0 Å². The number of piperazine rings is 1. The summed E-state index contributed by atoms with van der Waals surface area (Å²) < 4.78 is 13.2. The molecule has 1 atom stereocenters. The molecule has 192 valence electrons. The lowest BCUT2D eigenvalue weighted by Crippen LogP contribution is -2.49. The van der Waals surface area contributed by atoms with Gasteiger partial charge in [-0.1, -0.05) is 18.2 Å². The van der Waals surface area contributed by atoms with Gasteiger partial charge in [-0.2, -0.15) is 0 Å². The molecule has 1 aliphatic rings. The Hall–Kier alpha value is -4.00. The van der Waals surface area contributed by atoms with E-state index in [0.29, 0.717) is 31.0 Å². The van der Waals surface area contributed by atoms with Crippen molar-refractivity contribution in [1.29, 1.82) is 0 Å². The van der Waals surface area contributed by atoms with E-state index in [9.17, 15) is 4.79 Å². The summed E-state index contributed by atoms with van der Waals surface area (Å²) in [5.74, 6) is 1.33. The van der Waals surface area contributed by atoms with Crippen molar-refractivity contribution in [2.75, 3.05) is 45.3 Å². The Morgan fingerprint density at radius 1 is 0.946 bits per heavy atom. The van der Waals surface area contributed by atoms with Gasteiger partial charge >= 0.3 is 0 Å². The lowest BCUT2D eigenvalue weighted by Gasteiger charge is -2.37. The SMILES string of the molecule is COc1cc(OC)cc(C(CC(=O)N2CCN(c3ccccc3C)CC2)c2cnc3cc(C)ccn23)c1. The van der Waals surface area contributed by atoms with Gasteiger partial charge in [0.2, 0.25) is 5.91 Å². The number of hydrogen-bond donors (Lipinski definition) is 0. The van der Waals surface area contributed by atoms with Crippen LogP contribution < -0.4 is 14.4 Å². The minimum atomic E-state index is -0.205. The van der Waals surface area contributed by atoms with Gasteiger partial charge in [-0.25, -0.2) is 4.98 Å². The fourth-order valence-electron chi connectivity index (χ4n) is 5.20. The smallest absolute Gasteiger partial charge is 0.223 e. The van der Waals surface area contributed by atoms with Crippen molar-refractivity contribution < 1.29 is 14.3 Å². The molecule has 0 aliphatic carbocycles. The lowest BCUT2D eigenvalue weighted by molar-refractivity contribution is -0.131. The van der Waals surface area contributed by atoms with Gasteiger partial charge in [-0.05, 0) is 60.9 Å². The van der Waals surface area contributed by atoms with E-state index in [-0.39, 0.29) is 11.8 Å². The van der Waals surface area contributed by atoms with Gasteiger partial charge in [0.05, 0.1) is 19.9 Å². The summed E-state index contributed by atoms with van der Waals surface area (Å²) >= 11 is 0. The van der Waals surface area contributed by atoms with E-state index in [2.05, 4.69) is 64.5 Å². The Morgan fingerprint density at radius 3 is 2.32 bits per heavy atom. The lowest BCUT2D eigenvalue weighted by atomic mass is 9.91. The average molecular weight is 499 g/mol. The molecular formula is C30H34N4O3. The van der Waals surface area contributed by atoms with Crippen molar-refractivity contribution in [2.45, 2.75) is 26.2 Å². The van der Waals surface area contributed by atoms with Crippen LogP contribution in [0.25, 0.3) is 5.65 Å². The van der Waals surface area contributed by atoms with Crippen LogP contribution in [0.4, 0.5) is 5.69 Å². The summed E-state index contributed by atoms with van der Waals surface area (Å²) in [6, 6.07) is 18.4. The monoisotopic (exact) mass is 498 g/mol. The Morgan fingerprint density at radius 2 is 1.65 bits per heavy atom. The second kappa shape index (κ2) is 10.5. The summed E-state index contributed by atoms with van der Waals surface area (Å²) in [6.45, 7) is 7.24. The number of nitrogens with zero attached hydrogens (tertiary/aromatic N) is 4. The van der Waals surface area contributed by atoms with E-state index in [1.165, 1.54) is 11.3 Å². The van der Waals surface area contributed by atoms with Crippen LogP contribution in [0.3, 0.4) is 0 Å². The minimum absolute atomic E-state index is 0.137. The topological polar surface area (TPSA) is 59.3 Å². The number of aryl methyl sites for hydroxylation is 2. The third-order valence-electron chi connectivity index (χ3n) is 7.30. The normalized spacial score (nSPS) is 14.6. The number of para-hydroxylation sites is 1. The second-order valence-electron chi connectivity index (χ2n) is 9.67. The van der Waals surface area contributed by atoms with Crippen LogP contribution in [-0.4, -0.2) is 60.6 Å². The number of hydrogen-bond acceptors (Lipinski definition) is 5. The van der Waals surface area contributed by atoms with Gasteiger partial charge in [-0.15, -0.1) is 0 Å². The number of carbonyl (C=O) groups is 1. The number of anilines is 1. The molecule has 7 nitrogen and oxygen atoms in total. The summed E-state index contributed by atoms with van der Waals surface area (Å²) in [4.78, 5) is 22.7. The highest BCUT2D eigenvalue weighted by atomic mass is 16.5. The van der Waals surface area contributed by atoms with Crippen LogP contribution in [0.1, 0.15) is 34.7 Å². The molecule has 0 radical (unpaired) electrons. The summed E-state index contributed by atoms with van der Waals surface area (Å²) in [6.07, 6.45) is 4.25. The first-order chi connectivity index (χ1) is 18.0. The maximum atomic E-state index is 13.7. The fourth-order valence-corrected chi connectivity index (χ4v) is 5.20. The van der Waals surface area contributed by atoms with E-state index >= 15 is 0 Å². The van der Waals surface area contributed by atoms with Crippen molar-refractivity contribution >= 4 is 17.2 Å². The molecular weight excluding hydrogens is 464 g/mol. The Kier molecular flexibility index (Phi) is 7.04. The number of benzene rings is 2. The van der Waals surface area contributed by atoms with Crippen LogP contribution in [0.5, 0.6) is 11.5 Å². The average Bonchev–Trinajstić information content (AvgIpc) is 3.34. The number of fused-ring (bicyclic) bond motifs is 1. The minimum Gasteiger partial charge on any atom is -0.497 e. The molecule has 2 aromatic carbocycles. The Bertz CT molecular complexity index is 1380. The van der Waals surface area contributed by atoms with Crippen LogP contribution in [0.15, 0.2) is 67.0 Å². The van der Waals surface area contributed by atoms with E-state index in [1.807, 2.05) is 35.5 Å². The molecule has 1 unspecified atom stereocenters. The molecule has 1 amide bonds. The van der Waals surface area contributed by atoms with Crippen LogP contribution in [0, 0.1) is 13.8 Å². The zero-order valence-electron chi connectivity index (χ0n) is 22.0. The third-order valence-corrected chi connectivity index (χ3v) is 7.30. The highest BCUT2D eigenvalue weighted by Gasteiger charge is 2.28. The Balaban J connectivity index is 1.42. The van der Waals surface area contributed by atoms with Crippen LogP contribution in [-0.2, 0) is 4.79 Å². The zero-order valence-corrected chi connectivity index (χ0v) is 22.0. The number of aromatic nitrogens is 2. The molecule has 4 aromatic rings. The maximum Gasteiger partial charge on any atom is 0.223 e. The predicted octanol–water partition coefficient (Wildman–Crippen LogP) is 4.84. The quantitative estimate of drug-likeness (QED) is 0.365. The van der Waals surface area contributed by atoms with E-state index in [4.69, 9.17) is 9.47 Å². The maximum absolute atomic E-state index is 13.7. The van der Waals surface area contributed by atoms with E-state index in [0.717, 1.165) is 35.6 Å². The number of rotatable bonds is 7. The van der Waals surface area contributed by atoms with E-state index < -0.39 is 0 Å². The predicted molar refractivity (Wildman–Crippen MR) is 146 cm³/mol.